The maximum absolute atomic E-state index is 14.0. The van der Waals surface area contributed by atoms with Crippen LogP contribution in [-0.2, 0) is 202 Å². The minimum absolute atomic E-state index is 0.00247. The van der Waals surface area contributed by atoms with Gasteiger partial charge in [0.1, 0.15) is 51.3 Å². The van der Waals surface area contributed by atoms with E-state index in [0.29, 0.717) is 5.56 Å². The van der Waals surface area contributed by atoms with Gasteiger partial charge in [-0.25, -0.2) is 4.79 Å². The molecule has 47 nitrogen and oxygen atoms in total. The predicted octanol–water partition coefficient (Wildman–Crippen LogP) is -1.14. The smallest absolute Gasteiger partial charge is 0.407 e. The number of amides is 5. The van der Waals surface area contributed by atoms with E-state index in [1.807, 2.05) is 0 Å². The first kappa shape index (κ1) is 109. The van der Waals surface area contributed by atoms with Crippen LogP contribution in [0, 0.1) is 0 Å². The van der Waals surface area contributed by atoms with Gasteiger partial charge >= 0.3 is 77.7 Å². The summed E-state index contributed by atoms with van der Waals surface area (Å²) in [5.74, 6) is -11.9. The number of carbonyl (C=O) groups excluding carboxylic acids is 17. The second-order valence-corrected chi connectivity index (χ2v) is 28.3. The Labute approximate surface area is 732 Å². The van der Waals surface area contributed by atoms with E-state index in [1.165, 1.54) is 0 Å². The average Bonchev–Trinajstić information content (AvgIpc) is 0.799. The maximum atomic E-state index is 14.0. The van der Waals surface area contributed by atoms with E-state index in [1.54, 1.807) is 30.3 Å². The van der Waals surface area contributed by atoms with Crippen LogP contribution in [0.3, 0.4) is 0 Å². The molecule has 716 valence electrons. The Bertz CT molecular complexity index is 3360. The van der Waals surface area contributed by atoms with Crippen molar-refractivity contribution >= 4 is 101 Å². The molecule has 5 amide bonds. The third-order valence-electron chi connectivity index (χ3n) is 17.7. The lowest BCUT2D eigenvalue weighted by Crippen LogP contribution is -2.63. The minimum atomic E-state index is -1.52. The molecule has 3 fully saturated rings. The van der Waals surface area contributed by atoms with E-state index >= 15 is 0 Å². The molecule has 15 atom stereocenters. The summed E-state index contributed by atoms with van der Waals surface area (Å²) < 4.78 is 139. The van der Waals surface area contributed by atoms with Crippen LogP contribution >= 0.6 is 0 Å². The van der Waals surface area contributed by atoms with E-state index in [0.717, 1.165) is 83.1 Å². The SMILES string of the molecule is CC(=O)OC[C@H]1O[C@H](OCCOCCOCCNC(=O)CCC(CCC(=O)NCCOCCOCCO[C@H]2O[C@H](COC(C)=O)[C@@H](OC(C)=O)[C@H](OC(C)=O)[C@@H]2OC(C)=O)(CCC(=O)NCCOCCOCCO[C@H]2O[C@H](COC(C)=O)[C@@H](OC(C)=O)[C@H](OC(C)=O)[C@@H]2OC(C)=O)NC(=O)CNC(=O)OCc2ccccc2)[C@@H](OC(C)=O)[C@@H](OC(C)=O)[C@@H]1OC(C)=O. The molecule has 1 aromatic carbocycles. The molecule has 0 radical (unpaired) electrons. The fourth-order valence-corrected chi connectivity index (χ4v) is 12.5. The van der Waals surface area contributed by atoms with E-state index in [2.05, 4.69) is 26.6 Å². The van der Waals surface area contributed by atoms with Crippen LogP contribution < -0.4 is 26.6 Å². The first-order chi connectivity index (χ1) is 60.4. The maximum Gasteiger partial charge on any atom is 0.407 e. The summed E-state index contributed by atoms with van der Waals surface area (Å²) in [7, 11) is 0. The van der Waals surface area contributed by atoms with Gasteiger partial charge < -0.3 is 145 Å². The van der Waals surface area contributed by atoms with Crippen molar-refractivity contribution in [3.8, 4) is 0 Å². The van der Waals surface area contributed by atoms with Gasteiger partial charge in [0.25, 0.3) is 0 Å². The first-order valence-corrected chi connectivity index (χ1v) is 40.7. The van der Waals surface area contributed by atoms with Gasteiger partial charge in [0.05, 0.1) is 99.1 Å². The summed E-state index contributed by atoms with van der Waals surface area (Å²) in [6.07, 6.45) is -23.4. The highest BCUT2D eigenvalue weighted by Crippen LogP contribution is 2.34. The Morgan fingerprint density at radius 1 is 0.291 bits per heavy atom. The molecule has 4 rings (SSSR count). The molecule has 0 aromatic heterocycles. The highest BCUT2D eigenvalue weighted by atomic mass is 16.8. The molecule has 3 aliphatic rings. The molecule has 0 bridgehead atoms. The van der Waals surface area contributed by atoms with Crippen molar-refractivity contribution < 1.29 is 200 Å². The molecule has 0 unspecified atom stereocenters. The van der Waals surface area contributed by atoms with Gasteiger partial charge in [-0.1, -0.05) is 30.3 Å². The Hall–Kier alpha value is -10.5. The quantitative estimate of drug-likeness (QED) is 0.0292. The van der Waals surface area contributed by atoms with Gasteiger partial charge in [-0.2, -0.15) is 0 Å². The summed E-state index contributed by atoms with van der Waals surface area (Å²) in [5.41, 5.74) is -0.863. The lowest BCUT2D eigenvalue weighted by Gasteiger charge is -2.44. The highest BCUT2D eigenvalue weighted by molar-refractivity contribution is 5.84. The molecule has 47 heteroatoms. The number of esters is 12. The first-order valence-electron chi connectivity index (χ1n) is 40.7. The number of hydrogen-bond acceptors (Lipinski definition) is 42. The molecule has 3 aliphatic heterocycles. The molecular weight excluding hydrogens is 1700 g/mol. The third-order valence-corrected chi connectivity index (χ3v) is 17.7. The molecule has 5 N–H and O–H groups in total. The van der Waals surface area contributed by atoms with Crippen molar-refractivity contribution in [2.24, 2.45) is 0 Å². The standard InChI is InChI=1S/C80H119N5O42/c1-47(86)112-44-60-67(116-50(4)89)70(119-53(7)92)73(122-56(10)95)76(125-60)109-39-36-106-33-30-103-27-24-81-63(98)18-21-80(85-66(101)42-84-79(102)115-43-59-16-14-13-15-17-59,22-19-64(99)82-25-28-104-31-34-107-37-40-110-77-74(123-57(11)96)71(120-54(8)93)68(117-51(5)90)61(126-77)45-113-48(2)87)23-20-65(100)83-26-29-105-32-35-108-38-41-111-78-75(124-58(12)97)72(121-55(9)94)69(118-52(6)91)62(127-78)46-114-49(3)88/h13-17,60-62,67-78H,18-46H2,1-12H3,(H,81,98)(H,82,99)(H,83,100)(H,84,102)(H,85,101)/t60-,61-,62-,67-,68-,69-,70+,71+,72+,73+,74+,75+,76+,77+,78+/m1/s1. The van der Waals surface area contributed by atoms with Crippen molar-refractivity contribution in [1.82, 2.24) is 26.6 Å². The molecule has 0 saturated carbocycles. The number of benzene rings is 1. The van der Waals surface area contributed by atoms with Crippen LogP contribution in [0.25, 0.3) is 0 Å². The predicted molar refractivity (Wildman–Crippen MR) is 421 cm³/mol. The lowest BCUT2D eigenvalue weighted by molar-refractivity contribution is -0.309. The van der Waals surface area contributed by atoms with Crippen molar-refractivity contribution in [1.29, 1.82) is 0 Å². The van der Waals surface area contributed by atoms with Crippen LogP contribution in [0.4, 0.5) is 4.79 Å². The van der Waals surface area contributed by atoms with Gasteiger partial charge in [-0.05, 0) is 24.8 Å². The number of ether oxygens (including phenoxy) is 25. The van der Waals surface area contributed by atoms with Gasteiger partial charge in [0.2, 0.25) is 23.6 Å². The van der Waals surface area contributed by atoms with Gasteiger partial charge in [-0.15, -0.1) is 0 Å². The Kier molecular flexibility index (Phi) is 51.7. The summed E-state index contributed by atoms with van der Waals surface area (Å²) in [6, 6.07) is 8.68. The molecular formula is C80H119N5O42. The zero-order valence-electron chi connectivity index (χ0n) is 73.2. The Morgan fingerprint density at radius 2 is 0.551 bits per heavy atom. The second-order valence-electron chi connectivity index (χ2n) is 28.3. The summed E-state index contributed by atoms with van der Waals surface area (Å²) in [6.45, 7) is 9.80. The second kappa shape index (κ2) is 60.3. The number of carbonyl (C=O) groups is 17. The van der Waals surface area contributed by atoms with Gasteiger partial charge in [-0.3, -0.25) is 76.7 Å². The summed E-state index contributed by atoms with van der Waals surface area (Å²) in [5, 5.41) is 13.5. The average molecular weight is 1820 g/mol. The Morgan fingerprint density at radius 3 is 0.827 bits per heavy atom. The third kappa shape index (κ3) is 45.7. The van der Waals surface area contributed by atoms with Gasteiger partial charge in [0.15, 0.2) is 73.8 Å². The van der Waals surface area contributed by atoms with Crippen LogP contribution in [0.1, 0.15) is 127 Å². The van der Waals surface area contributed by atoms with Crippen LogP contribution in [0.15, 0.2) is 30.3 Å². The summed E-state index contributed by atoms with van der Waals surface area (Å²) in [4.78, 5) is 213. The molecule has 127 heavy (non-hydrogen) atoms. The number of alkyl carbamates (subject to hydrolysis) is 1. The van der Waals surface area contributed by atoms with Crippen molar-refractivity contribution in [3.63, 3.8) is 0 Å². The fraction of sp³-hybridized carbons (Fsp3) is 0.713. The van der Waals surface area contributed by atoms with E-state index in [-0.39, 0.29) is 164 Å². The zero-order valence-corrected chi connectivity index (χ0v) is 73.2. The topological polar surface area (TPSA) is 581 Å². The van der Waals surface area contributed by atoms with Crippen molar-refractivity contribution in [3.05, 3.63) is 35.9 Å². The minimum Gasteiger partial charge on any atom is -0.463 e. The van der Waals surface area contributed by atoms with Crippen LogP contribution in [-0.4, -0.2) is 344 Å². The van der Waals surface area contributed by atoms with Crippen molar-refractivity contribution in [2.75, 3.05) is 145 Å². The van der Waals surface area contributed by atoms with E-state index < -0.39 is 225 Å². The largest absolute Gasteiger partial charge is 0.463 e. The van der Waals surface area contributed by atoms with E-state index in [4.69, 9.17) is 118 Å². The number of rotatable bonds is 59. The van der Waals surface area contributed by atoms with Crippen LogP contribution in [0.5, 0.6) is 0 Å². The van der Waals surface area contributed by atoms with Crippen molar-refractivity contribution in [2.45, 2.75) is 226 Å². The number of nitrogens with one attached hydrogen (secondary N) is 5. The summed E-state index contributed by atoms with van der Waals surface area (Å²) >= 11 is 0. The van der Waals surface area contributed by atoms with Crippen LogP contribution in [0.2, 0.25) is 0 Å². The molecule has 3 heterocycles. The fourth-order valence-electron chi connectivity index (χ4n) is 12.5. The number of hydrogen-bond donors (Lipinski definition) is 5. The normalized spacial score (nSPS) is 21.8. The zero-order chi connectivity index (χ0) is 93.8. The molecule has 0 spiro atoms. The highest BCUT2D eigenvalue weighted by Gasteiger charge is 2.56. The molecule has 1 aromatic rings. The van der Waals surface area contributed by atoms with Gasteiger partial charge in [0, 0.05) is 128 Å². The van der Waals surface area contributed by atoms with E-state index in [9.17, 15) is 81.5 Å². The lowest BCUT2D eigenvalue weighted by atomic mass is 9.83. The molecule has 3 saturated heterocycles. The monoisotopic (exact) mass is 1820 g/mol. The molecule has 0 aliphatic carbocycles. The Balaban J connectivity index is 1.41.